The van der Waals surface area contributed by atoms with Crippen molar-refractivity contribution in [1.29, 1.82) is 0 Å². The second kappa shape index (κ2) is 9.80. The van der Waals surface area contributed by atoms with Crippen LogP contribution >= 0.6 is 11.8 Å². The van der Waals surface area contributed by atoms with Crippen LogP contribution in [0.25, 0.3) is 10.8 Å². The first-order chi connectivity index (χ1) is 13.7. The summed E-state index contributed by atoms with van der Waals surface area (Å²) in [5.74, 6) is 0.717. The van der Waals surface area contributed by atoms with Crippen molar-refractivity contribution in [3.8, 4) is 5.75 Å². The van der Waals surface area contributed by atoms with E-state index in [1.165, 1.54) is 11.8 Å². The van der Waals surface area contributed by atoms with Gasteiger partial charge in [-0.2, -0.15) is 0 Å². The van der Waals surface area contributed by atoms with Gasteiger partial charge in [0.25, 0.3) is 0 Å². The summed E-state index contributed by atoms with van der Waals surface area (Å²) in [4.78, 5) is 24.3. The van der Waals surface area contributed by atoms with Crippen molar-refractivity contribution in [2.75, 3.05) is 28.7 Å². The smallest absolute Gasteiger partial charge is 0.234 e. The molecular formula is C22H22N2O3S. The third-order valence-electron chi connectivity index (χ3n) is 3.96. The first-order valence-electron chi connectivity index (χ1n) is 9.04. The Morgan fingerprint density at radius 1 is 0.857 bits per heavy atom. The number of carbonyl (C=O) groups is 2. The van der Waals surface area contributed by atoms with Gasteiger partial charge in [-0.1, -0.05) is 42.5 Å². The number of fused-ring (bicyclic) bond motifs is 1. The van der Waals surface area contributed by atoms with Gasteiger partial charge in [0.1, 0.15) is 5.75 Å². The Morgan fingerprint density at radius 2 is 1.54 bits per heavy atom. The van der Waals surface area contributed by atoms with Crippen LogP contribution in [0.15, 0.2) is 66.7 Å². The highest BCUT2D eigenvalue weighted by Crippen LogP contribution is 2.24. The molecule has 6 heteroatoms. The zero-order valence-electron chi connectivity index (χ0n) is 15.6. The molecule has 2 N–H and O–H groups in total. The van der Waals surface area contributed by atoms with E-state index in [4.69, 9.17) is 4.74 Å². The number of amides is 2. The quantitative estimate of drug-likeness (QED) is 0.588. The number of thioether (sulfide) groups is 1. The van der Waals surface area contributed by atoms with E-state index in [1.807, 2.05) is 67.6 Å². The Kier molecular flexibility index (Phi) is 6.92. The van der Waals surface area contributed by atoms with Crippen molar-refractivity contribution in [3.63, 3.8) is 0 Å². The SMILES string of the molecule is CCOc1ccccc1NC(=O)CSCC(=O)Nc1ccc2ccccc2c1. The molecule has 0 aliphatic rings. The van der Waals surface area contributed by atoms with Crippen LogP contribution in [0, 0.1) is 0 Å². The topological polar surface area (TPSA) is 67.4 Å². The normalized spacial score (nSPS) is 10.5. The standard InChI is InChI=1S/C22H22N2O3S/c1-2-27-20-10-6-5-9-19(20)24-22(26)15-28-14-21(25)23-18-12-11-16-7-3-4-8-17(16)13-18/h3-13H,2,14-15H2,1H3,(H,23,25)(H,24,26). The van der Waals surface area contributed by atoms with Crippen molar-refractivity contribution in [2.24, 2.45) is 0 Å². The minimum Gasteiger partial charge on any atom is -0.492 e. The van der Waals surface area contributed by atoms with Crippen molar-refractivity contribution in [3.05, 3.63) is 66.7 Å². The number of benzene rings is 3. The van der Waals surface area contributed by atoms with Crippen LogP contribution in [0.1, 0.15) is 6.92 Å². The van der Waals surface area contributed by atoms with Crippen LogP contribution in [0.3, 0.4) is 0 Å². The number of hydrogen-bond donors (Lipinski definition) is 2. The molecule has 0 unspecified atom stereocenters. The van der Waals surface area contributed by atoms with E-state index < -0.39 is 0 Å². The molecule has 28 heavy (non-hydrogen) atoms. The summed E-state index contributed by atoms with van der Waals surface area (Å²) in [7, 11) is 0. The van der Waals surface area contributed by atoms with Crippen LogP contribution in [0.5, 0.6) is 5.75 Å². The lowest BCUT2D eigenvalue weighted by atomic mass is 10.1. The summed E-state index contributed by atoms with van der Waals surface area (Å²) in [6, 6.07) is 21.1. The van der Waals surface area contributed by atoms with Crippen LogP contribution in [-0.2, 0) is 9.59 Å². The average molecular weight is 394 g/mol. The first-order valence-corrected chi connectivity index (χ1v) is 10.2. The minimum absolute atomic E-state index is 0.136. The van der Waals surface area contributed by atoms with E-state index >= 15 is 0 Å². The maximum absolute atomic E-state index is 12.1. The molecule has 0 saturated carbocycles. The molecule has 3 aromatic carbocycles. The summed E-state index contributed by atoms with van der Waals surface area (Å²) in [5.41, 5.74) is 1.38. The minimum atomic E-state index is -0.171. The number of hydrogen-bond acceptors (Lipinski definition) is 4. The third-order valence-corrected chi connectivity index (χ3v) is 4.89. The maximum Gasteiger partial charge on any atom is 0.234 e. The summed E-state index contributed by atoms with van der Waals surface area (Å²) in [6.07, 6.45) is 0. The fraction of sp³-hybridized carbons (Fsp3) is 0.182. The molecule has 0 aliphatic carbocycles. The molecule has 0 atom stereocenters. The van der Waals surface area contributed by atoms with E-state index in [0.717, 1.165) is 16.5 Å². The first kappa shape index (κ1) is 19.8. The van der Waals surface area contributed by atoms with Gasteiger partial charge in [0.2, 0.25) is 11.8 Å². The number of rotatable bonds is 8. The van der Waals surface area contributed by atoms with E-state index in [2.05, 4.69) is 10.6 Å². The molecule has 144 valence electrons. The number of carbonyl (C=O) groups excluding carboxylic acids is 2. The van der Waals surface area contributed by atoms with E-state index in [-0.39, 0.29) is 23.3 Å². The van der Waals surface area contributed by atoms with Crippen LogP contribution in [-0.4, -0.2) is 29.9 Å². The fourth-order valence-corrected chi connectivity index (χ4v) is 3.36. The largest absolute Gasteiger partial charge is 0.492 e. The number of ether oxygens (including phenoxy) is 1. The molecule has 3 aromatic rings. The second-order valence-corrected chi connectivity index (χ2v) is 7.07. The molecule has 0 aliphatic heterocycles. The predicted molar refractivity (Wildman–Crippen MR) is 116 cm³/mol. The molecule has 3 rings (SSSR count). The Morgan fingerprint density at radius 3 is 2.32 bits per heavy atom. The molecule has 0 bridgehead atoms. The van der Waals surface area contributed by atoms with Gasteiger partial charge in [-0.25, -0.2) is 0 Å². The number of nitrogens with one attached hydrogen (secondary N) is 2. The van der Waals surface area contributed by atoms with Crippen molar-refractivity contribution in [1.82, 2.24) is 0 Å². The van der Waals surface area contributed by atoms with Gasteiger partial charge in [-0.3, -0.25) is 9.59 Å². The molecule has 0 heterocycles. The van der Waals surface area contributed by atoms with Gasteiger partial charge < -0.3 is 15.4 Å². The molecule has 5 nitrogen and oxygen atoms in total. The lowest BCUT2D eigenvalue weighted by Crippen LogP contribution is -2.18. The zero-order valence-corrected chi connectivity index (χ0v) is 16.4. The second-order valence-electron chi connectivity index (χ2n) is 6.08. The van der Waals surface area contributed by atoms with Crippen LogP contribution in [0.2, 0.25) is 0 Å². The summed E-state index contributed by atoms with van der Waals surface area (Å²) in [5, 5.41) is 7.89. The highest BCUT2D eigenvalue weighted by molar-refractivity contribution is 8.00. The Bertz CT molecular complexity index is 975. The number of anilines is 2. The highest BCUT2D eigenvalue weighted by Gasteiger charge is 2.09. The Hall–Kier alpha value is -2.99. The molecule has 0 radical (unpaired) electrons. The zero-order chi connectivity index (χ0) is 19.8. The Labute approximate surface area is 168 Å². The van der Waals surface area contributed by atoms with E-state index in [1.54, 1.807) is 6.07 Å². The third kappa shape index (κ3) is 5.50. The van der Waals surface area contributed by atoms with Gasteiger partial charge in [0, 0.05) is 5.69 Å². The van der Waals surface area contributed by atoms with Gasteiger partial charge in [0.05, 0.1) is 23.8 Å². The Balaban J connectivity index is 1.46. The van der Waals surface area contributed by atoms with Crippen LogP contribution < -0.4 is 15.4 Å². The molecular weight excluding hydrogens is 372 g/mol. The summed E-state index contributed by atoms with van der Waals surface area (Å²) >= 11 is 1.27. The van der Waals surface area contributed by atoms with Gasteiger partial charge >= 0.3 is 0 Å². The number of para-hydroxylation sites is 2. The lowest BCUT2D eigenvalue weighted by Gasteiger charge is -2.11. The summed E-state index contributed by atoms with van der Waals surface area (Å²) < 4.78 is 5.49. The van der Waals surface area contributed by atoms with Crippen LogP contribution in [0.4, 0.5) is 11.4 Å². The van der Waals surface area contributed by atoms with Crippen molar-refractivity contribution in [2.45, 2.75) is 6.92 Å². The van der Waals surface area contributed by atoms with E-state index in [0.29, 0.717) is 18.0 Å². The van der Waals surface area contributed by atoms with Gasteiger partial charge in [0.15, 0.2) is 0 Å². The molecule has 0 fully saturated rings. The molecule has 0 saturated heterocycles. The molecule has 0 spiro atoms. The van der Waals surface area contributed by atoms with Gasteiger partial charge in [-0.05, 0) is 42.0 Å². The van der Waals surface area contributed by atoms with E-state index in [9.17, 15) is 9.59 Å². The molecule has 2 amide bonds. The van der Waals surface area contributed by atoms with Crippen molar-refractivity contribution < 1.29 is 14.3 Å². The highest BCUT2D eigenvalue weighted by atomic mass is 32.2. The molecule has 0 aromatic heterocycles. The van der Waals surface area contributed by atoms with Gasteiger partial charge in [-0.15, -0.1) is 11.8 Å². The van der Waals surface area contributed by atoms with Crippen molar-refractivity contribution >= 4 is 45.7 Å². The fourth-order valence-electron chi connectivity index (χ4n) is 2.74. The summed E-state index contributed by atoms with van der Waals surface area (Å²) in [6.45, 7) is 2.42. The maximum atomic E-state index is 12.1. The monoisotopic (exact) mass is 394 g/mol. The average Bonchev–Trinajstić information content (AvgIpc) is 2.69. The predicted octanol–water partition coefficient (Wildman–Crippen LogP) is 4.55. The lowest BCUT2D eigenvalue weighted by molar-refractivity contribution is -0.114.